The maximum absolute atomic E-state index is 13.8. The predicted octanol–water partition coefficient (Wildman–Crippen LogP) is 6.22. The molecule has 3 aliphatic heterocycles. The highest BCUT2D eigenvalue weighted by Gasteiger charge is 2.37. The summed E-state index contributed by atoms with van der Waals surface area (Å²) in [5.74, 6) is 7.84. The van der Waals surface area contributed by atoms with Crippen LogP contribution in [-0.2, 0) is 14.3 Å². The van der Waals surface area contributed by atoms with Crippen molar-refractivity contribution in [3.05, 3.63) is 120 Å². The average Bonchev–Trinajstić information content (AvgIpc) is 4.10. The molecule has 0 spiro atoms. The number of hydrogen-bond acceptors (Lipinski definition) is 7. The van der Waals surface area contributed by atoms with Gasteiger partial charge in [-0.1, -0.05) is 66.4 Å². The number of likely N-dealkylation sites (tertiary alicyclic amines) is 2. The first-order valence-electron chi connectivity index (χ1n) is 19.1. The van der Waals surface area contributed by atoms with E-state index in [-0.39, 0.29) is 24.0 Å². The summed E-state index contributed by atoms with van der Waals surface area (Å²) in [7, 11) is 1.28. The van der Waals surface area contributed by atoms with Gasteiger partial charge in [0.2, 0.25) is 0 Å². The lowest BCUT2D eigenvalue weighted by molar-refractivity contribution is -0.134. The molecule has 0 aliphatic carbocycles. The highest BCUT2D eigenvalue weighted by molar-refractivity contribution is 5.87. The van der Waals surface area contributed by atoms with Crippen molar-refractivity contribution in [3.63, 3.8) is 0 Å². The molecular formula is C43H44N8O5. The SMILES string of the molecule is COC(=O)N[C@@H](C(=O)N1CCC[C@H]1c1ncc(-c2ccc(C#Cc3ccc(-c4cnc([C@@H]5CCCN5C(=O)N5CCOCC5)[nH]4)cc3)cc2)[nH]1)c1ccccc1. The summed E-state index contributed by atoms with van der Waals surface area (Å²) in [6.07, 6.45) is 6.39. The Hall–Kier alpha value is -6.39. The fraction of sp³-hybridized carbons (Fsp3) is 0.326. The minimum absolute atomic E-state index is 0.0595. The minimum atomic E-state index is -0.872. The number of morpholine rings is 1. The van der Waals surface area contributed by atoms with Crippen LogP contribution in [-0.4, -0.2) is 99.2 Å². The molecule has 5 heterocycles. The van der Waals surface area contributed by atoms with Gasteiger partial charge in [-0.3, -0.25) is 4.79 Å². The summed E-state index contributed by atoms with van der Waals surface area (Å²) >= 11 is 0. The molecule has 13 nitrogen and oxygen atoms in total. The van der Waals surface area contributed by atoms with Crippen LogP contribution < -0.4 is 5.32 Å². The number of methoxy groups -OCH3 is 1. The van der Waals surface area contributed by atoms with Crippen LogP contribution in [0, 0.1) is 11.8 Å². The molecule has 56 heavy (non-hydrogen) atoms. The zero-order chi connectivity index (χ0) is 38.4. The van der Waals surface area contributed by atoms with Gasteiger partial charge in [-0.25, -0.2) is 19.6 Å². The van der Waals surface area contributed by atoms with Crippen LogP contribution in [0.2, 0.25) is 0 Å². The molecule has 3 aliphatic rings. The number of alkyl carbamates (subject to hydrolysis) is 1. The van der Waals surface area contributed by atoms with E-state index in [2.05, 4.69) is 37.1 Å². The van der Waals surface area contributed by atoms with Gasteiger partial charge in [0.25, 0.3) is 5.91 Å². The molecule has 286 valence electrons. The first-order valence-corrected chi connectivity index (χ1v) is 19.1. The van der Waals surface area contributed by atoms with Gasteiger partial charge in [0.15, 0.2) is 0 Å². The van der Waals surface area contributed by atoms with Crippen LogP contribution in [0.1, 0.15) is 72.1 Å². The predicted molar refractivity (Wildman–Crippen MR) is 209 cm³/mol. The Morgan fingerprint density at radius 1 is 0.750 bits per heavy atom. The third kappa shape index (κ3) is 7.87. The molecule has 2 aromatic heterocycles. The smallest absolute Gasteiger partial charge is 0.407 e. The maximum Gasteiger partial charge on any atom is 0.407 e. The molecule has 5 aromatic rings. The molecule has 8 rings (SSSR count). The highest BCUT2D eigenvalue weighted by Crippen LogP contribution is 2.35. The fourth-order valence-corrected chi connectivity index (χ4v) is 7.72. The molecule has 3 aromatic carbocycles. The number of carbonyl (C=O) groups is 3. The van der Waals surface area contributed by atoms with E-state index in [0.717, 1.165) is 71.7 Å². The number of aromatic amines is 2. The van der Waals surface area contributed by atoms with Crippen LogP contribution in [0.3, 0.4) is 0 Å². The number of nitrogens with one attached hydrogen (secondary N) is 3. The van der Waals surface area contributed by atoms with E-state index < -0.39 is 12.1 Å². The van der Waals surface area contributed by atoms with Crippen LogP contribution in [0.25, 0.3) is 22.5 Å². The number of ether oxygens (including phenoxy) is 2. The van der Waals surface area contributed by atoms with Crippen molar-refractivity contribution in [1.82, 2.24) is 40.0 Å². The number of benzene rings is 3. The monoisotopic (exact) mass is 752 g/mol. The van der Waals surface area contributed by atoms with Crippen molar-refractivity contribution in [3.8, 4) is 34.4 Å². The van der Waals surface area contributed by atoms with Gasteiger partial charge in [0, 0.05) is 37.3 Å². The van der Waals surface area contributed by atoms with E-state index >= 15 is 0 Å². The Morgan fingerprint density at radius 3 is 1.84 bits per heavy atom. The Kier molecular flexibility index (Phi) is 10.8. The van der Waals surface area contributed by atoms with Crippen molar-refractivity contribution in [2.45, 2.75) is 43.8 Å². The standard InChI is InChI=1S/C43H44N8O5/c1-55-42(53)48-38(33-7-3-2-4-8-33)41(52)50-21-5-9-36(50)39-44-27-34(46-39)31-17-13-29(14-18-31)11-12-30-15-19-32(20-16-30)35-28-45-40(47-35)37-10-6-22-51(37)43(54)49-23-25-56-26-24-49/h2-4,7-8,13-20,27-28,36-38H,5-6,9-10,21-26H2,1H3,(H,44,46)(H,45,47)(H,48,53)/t36-,37-,38+/m0/s1. The number of amides is 4. The number of carbonyl (C=O) groups excluding carboxylic acids is 3. The summed E-state index contributed by atoms with van der Waals surface area (Å²) in [6, 6.07) is 24.1. The first-order chi connectivity index (χ1) is 27.4. The summed E-state index contributed by atoms with van der Waals surface area (Å²) < 4.78 is 10.2. The number of hydrogen-bond donors (Lipinski definition) is 3. The lowest BCUT2D eigenvalue weighted by Gasteiger charge is -2.33. The number of urea groups is 1. The first kappa shape index (κ1) is 36.6. The van der Waals surface area contributed by atoms with Crippen LogP contribution in [0.4, 0.5) is 9.59 Å². The number of H-pyrrole nitrogens is 2. The molecule has 13 heteroatoms. The topological polar surface area (TPSA) is 149 Å². The number of aromatic nitrogens is 4. The summed E-state index contributed by atoms with van der Waals surface area (Å²) in [4.78, 5) is 61.1. The van der Waals surface area contributed by atoms with Gasteiger partial charge < -0.3 is 39.5 Å². The average molecular weight is 753 g/mol. The van der Waals surface area contributed by atoms with E-state index in [1.54, 1.807) is 11.1 Å². The van der Waals surface area contributed by atoms with Gasteiger partial charge in [-0.15, -0.1) is 0 Å². The van der Waals surface area contributed by atoms with Crippen molar-refractivity contribution >= 4 is 18.0 Å². The van der Waals surface area contributed by atoms with E-state index in [1.807, 2.05) is 94.9 Å². The van der Waals surface area contributed by atoms with Crippen LogP contribution in [0.5, 0.6) is 0 Å². The van der Waals surface area contributed by atoms with Gasteiger partial charge in [-0.05, 0) is 66.6 Å². The second-order valence-electron chi connectivity index (χ2n) is 14.2. The van der Waals surface area contributed by atoms with E-state index in [0.29, 0.717) is 44.2 Å². The van der Waals surface area contributed by atoms with Gasteiger partial charge in [0.05, 0.1) is 56.2 Å². The van der Waals surface area contributed by atoms with E-state index in [9.17, 15) is 14.4 Å². The molecule has 3 fully saturated rings. The Morgan fingerprint density at radius 2 is 1.29 bits per heavy atom. The van der Waals surface area contributed by atoms with Gasteiger partial charge in [0.1, 0.15) is 17.7 Å². The normalized spacial score (nSPS) is 18.6. The number of imidazole rings is 2. The van der Waals surface area contributed by atoms with Crippen LogP contribution in [0.15, 0.2) is 91.3 Å². The van der Waals surface area contributed by atoms with Gasteiger partial charge in [-0.2, -0.15) is 0 Å². The van der Waals surface area contributed by atoms with Crippen LogP contribution >= 0.6 is 0 Å². The molecule has 0 bridgehead atoms. The van der Waals surface area contributed by atoms with Gasteiger partial charge >= 0.3 is 12.1 Å². The molecule has 4 amide bonds. The summed E-state index contributed by atoms with van der Waals surface area (Å²) in [5, 5.41) is 2.71. The fourth-order valence-electron chi connectivity index (χ4n) is 7.72. The molecule has 0 saturated carbocycles. The second-order valence-corrected chi connectivity index (χ2v) is 14.2. The number of rotatable bonds is 7. The Labute approximate surface area is 325 Å². The minimum Gasteiger partial charge on any atom is -0.453 e. The van der Waals surface area contributed by atoms with Crippen molar-refractivity contribution in [2.24, 2.45) is 0 Å². The third-order valence-electron chi connectivity index (χ3n) is 10.7. The van der Waals surface area contributed by atoms with Crippen molar-refractivity contribution in [2.75, 3.05) is 46.5 Å². The van der Waals surface area contributed by atoms with E-state index in [1.165, 1.54) is 7.11 Å². The molecule has 0 unspecified atom stereocenters. The Bertz CT molecular complexity index is 2220. The molecule has 0 radical (unpaired) electrons. The molecule has 3 saturated heterocycles. The molecule has 3 N–H and O–H groups in total. The zero-order valence-corrected chi connectivity index (χ0v) is 31.2. The zero-order valence-electron chi connectivity index (χ0n) is 31.2. The lowest BCUT2D eigenvalue weighted by atomic mass is 10.1. The second kappa shape index (κ2) is 16.5. The molecular weight excluding hydrogens is 709 g/mol. The summed E-state index contributed by atoms with van der Waals surface area (Å²) in [6.45, 7) is 3.71. The van der Waals surface area contributed by atoms with Crippen molar-refractivity contribution < 1.29 is 23.9 Å². The quantitative estimate of drug-likeness (QED) is 0.167. The van der Waals surface area contributed by atoms with E-state index in [4.69, 9.17) is 9.47 Å². The lowest BCUT2D eigenvalue weighted by Crippen LogP contribution is -2.48. The highest BCUT2D eigenvalue weighted by atomic mass is 16.5. The molecule has 3 atom stereocenters. The third-order valence-corrected chi connectivity index (χ3v) is 10.7. The largest absolute Gasteiger partial charge is 0.453 e. The summed E-state index contributed by atoms with van der Waals surface area (Å²) in [5.41, 5.74) is 6.15. The Balaban J connectivity index is 0.897. The maximum atomic E-state index is 13.8. The van der Waals surface area contributed by atoms with Crippen molar-refractivity contribution in [1.29, 1.82) is 0 Å². The number of nitrogens with zero attached hydrogens (tertiary/aromatic N) is 5.